The van der Waals surface area contributed by atoms with Gasteiger partial charge in [0.1, 0.15) is 0 Å². The Hall–Kier alpha value is -0.750. The van der Waals surface area contributed by atoms with Crippen LogP contribution < -0.4 is 5.32 Å². The highest BCUT2D eigenvalue weighted by Crippen LogP contribution is 1.98. The minimum atomic E-state index is 0. The first-order valence-electron chi connectivity index (χ1n) is 4.92. The molecule has 0 amide bonds. The highest BCUT2D eigenvalue weighted by molar-refractivity contribution is 5.86. The van der Waals surface area contributed by atoms with E-state index in [-0.39, 0.29) is 37.2 Å². The van der Waals surface area contributed by atoms with Crippen LogP contribution in [0.15, 0.2) is 24.5 Å². The van der Waals surface area contributed by atoms with Gasteiger partial charge in [0.2, 0.25) is 0 Å². The Labute approximate surface area is 125 Å². The maximum atomic E-state index is 4.11. The molecule has 8 heteroatoms. The van der Waals surface area contributed by atoms with Gasteiger partial charge in [-0.05, 0) is 12.1 Å². The van der Waals surface area contributed by atoms with Gasteiger partial charge in [0.15, 0.2) is 0 Å². The first kappa shape index (κ1) is 19.6. The third kappa shape index (κ3) is 4.86. The summed E-state index contributed by atoms with van der Waals surface area (Å²) in [5.74, 6) is 0. The number of nitrogens with one attached hydrogen (secondary N) is 1. The summed E-state index contributed by atoms with van der Waals surface area (Å²) in [5, 5.41) is 11.6. The lowest BCUT2D eigenvalue weighted by molar-refractivity contribution is 0.595. The lowest BCUT2D eigenvalue weighted by atomic mass is 10.4. The molecule has 0 aliphatic carbocycles. The SMILES string of the molecule is Cl.Cl.Cl.Cn1nccc1CNCc1ccnn1C. The van der Waals surface area contributed by atoms with Crippen molar-refractivity contribution in [2.75, 3.05) is 0 Å². The molecule has 2 aromatic heterocycles. The second-order valence-electron chi connectivity index (χ2n) is 3.50. The van der Waals surface area contributed by atoms with E-state index in [1.54, 1.807) is 12.4 Å². The zero-order valence-corrected chi connectivity index (χ0v) is 12.7. The molecule has 104 valence electrons. The van der Waals surface area contributed by atoms with Crippen molar-refractivity contribution in [1.82, 2.24) is 24.9 Å². The number of hydrogen-bond donors (Lipinski definition) is 1. The molecule has 18 heavy (non-hydrogen) atoms. The van der Waals surface area contributed by atoms with E-state index >= 15 is 0 Å². The van der Waals surface area contributed by atoms with Crippen LogP contribution >= 0.6 is 37.2 Å². The molecule has 0 spiro atoms. The van der Waals surface area contributed by atoms with E-state index in [2.05, 4.69) is 15.5 Å². The fourth-order valence-electron chi connectivity index (χ4n) is 1.47. The molecule has 0 unspecified atom stereocenters. The number of rotatable bonds is 4. The predicted molar refractivity (Wildman–Crippen MR) is 78.7 cm³/mol. The smallest absolute Gasteiger partial charge is 0.0518 e. The van der Waals surface area contributed by atoms with Gasteiger partial charge < -0.3 is 5.32 Å². The zero-order chi connectivity index (χ0) is 10.7. The molecule has 0 bridgehead atoms. The highest BCUT2D eigenvalue weighted by Gasteiger charge is 2.00. The molecule has 0 saturated heterocycles. The minimum absolute atomic E-state index is 0. The van der Waals surface area contributed by atoms with Crippen molar-refractivity contribution in [2.45, 2.75) is 13.1 Å². The molecular formula is C10H18Cl3N5. The fraction of sp³-hybridized carbons (Fsp3) is 0.400. The van der Waals surface area contributed by atoms with E-state index < -0.39 is 0 Å². The molecule has 0 atom stereocenters. The van der Waals surface area contributed by atoms with Crippen molar-refractivity contribution in [1.29, 1.82) is 0 Å². The van der Waals surface area contributed by atoms with Crippen LogP contribution in [0.3, 0.4) is 0 Å². The van der Waals surface area contributed by atoms with Crippen LogP contribution in [-0.2, 0) is 27.2 Å². The quantitative estimate of drug-likeness (QED) is 0.934. The van der Waals surface area contributed by atoms with E-state index in [0.717, 1.165) is 13.1 Å². The molecule has 1 N–H and O–H groups in total. The summed E-state index contributed by atoms with van der Waals surface area (Å²) in [6.45, 7) is 1.64. The van der Waals surface area contributed by atoms with Crippen LogP contribution in [0.5, 0.6) is 0 Å². The molecule has 0 aromatic carbocycles. The molecule has 0 saturated carbocycles. The second kappa shape index (κ2) is 9.22. The summed E-state index contributed by atoms with van der Waals surface area (Å²) in [5.41, 5.74) is 2.36. The molecule has 0 radical (unpaired) electrons. The first-order chi connectivity index (χ1) is 7.27. The van der Waals surface area contributed by atoms with Crippen molar-refractivity contribution in [3.63, 3.8) is 0 Å². The summed E-state index contributed by atoms with van der Waals surface area (Å²) in [7, 11) is 3.89. The van der Waals surface area contributed by atoms with Crippen molar-refractivity contribution in [3.05, 3.63) is 35.9 Å². The van der Waals surface area contributed by atoms with Crippen LogP contribution in [0.2, 0.25) is 0 Å². The van der Waals surface area contributed by atoms with Gasteiger partial charge in [-0.15, -0.1) is 37.2 Å². The predicted octanol–water partition coefficient (Wildman–Crippen LogP) is 1.71. The zero-order valence-electron chi connectivity index (χ0n) is 10.2. The number of hydrogen-bond acceptors (Lipinski definition) is 3. The van der Waals surface area contributed by atoms with Gasteiger partial charge in [0, 0.05) is 39.6 Å². The number of aromatic nitrogens is 4. The van der Waals surface area contributed by atoms with Crippen molar-refractivity contribution >= 4 is 37.2 Å². The van der Waals surface area contributed by atoms with E-state index in [1.807, 2.05) is 35.6 Å². The van der Waals surface area contributed by atoms with Crippen molar-refractivity contribution in [3.8, 4) is 0 Å². The van der Waals surface area contributed by atoms with E-state index in [0.29, 0.717) is 0 Å². The van der Waals surface area contributed by atoms with Crippen LogP contribution in [-0.4, -0.2) is 19.6 Å². The molecule has 2 rings (SSSR count). The molecule has 0 fully saturated rings. The second-order valence-corrected chi connectivity index (χ2v) is 3.50. The molecule has 2 aromatic rings. The van der Waals surface area contributed by atoms with E-state index in [9.17, 15) is 0 Å². The first-order valence-corrected chi connectivity index (χ1v) is 4.92. The Bertz CT molecular complexity index is 400. The number of nitrogens with zero attached hydrogens (tertiary/aromatic N) is 4. The Balaban J connectivity index is 0. The van der Waals surface area contributed by atoms with Gasteiger partial charge in [0.25, 0.3) is 0 Å². The maximum absolute atomic E-state index is 4.11. The van der Waals surface area contributed by atoms with Gasteiger partial charge in [-0.3, -0.25) is 9.36 Å². The van der Waals surface area contributed by atoms with Gasteiger partial charge in [-0.1, -0.05) is 0 Å². The molecular weight excluding hydrogens is 297 g/mol. The van der Waals surface area contributed by atoms with E-state index in [4.69, 9.17) is 0 Å². The summed E-state index contributed by atoms with van der Waals surface area (Å²) >= 11 is 0. The molecule has 0 aliphatic heterocycles. The monoisotopic (exact) mass is 313 g/mol. The van der Waals surface area contributed by atoms with Crippen molar-refractivity contribution in [2.24, 2.45) is 14.1 Å². The number of aryl methyl sites for hydroxylation is 2. The summed E-state index contributed by atoms with van der Waals surface area (Å²) < 4.78 is 3.74. The highest BCUT2D eigenvalue weighted by atomic mass is 35.5. The topological polar surface area (TPSA) is 47.7 Å². The van der Waals surface area contributed by atoms with Crippen molar-refractivity contribution < 1.29 is 0 Å². The van der Waals surface area contributed by atoms with Crippen LogP contribution in [0.25, 0.3) is 0 Å². The van der Waals surface area contributed by atoms with Crippen LogP contribution in [0.1, 0.15) is 11.4 Å². The average molecular weight is 315 g/mol. The normalized spacial score (nSPS) is 9.00. The maximum Gasteiger partial charge on any atom is 0.0518 e. The van der Waals surface area contributed by atoms with Gasteiger partial charge in [0.05, 0.1) is 11.4 Å². The Kier molecular flexibility index (Phi) is 10.0. The number of halogens is 3. The summed E-state index contributed by atoms with van der Waals surface area (Å²) in [4.78, 5) is 0. The lowest BCUT2D eigenvalue weighted by Gasteiger charge is -2.05. The largest absolute Gasteiger partial charge is 0.306 e. The van der Waals surface area contributed by atoms with Crippen LogP contribution in [0.4, 0.5) is 0 Å². The Morgan fingerprint density at radius 1 is 0.889 bits per heavy atom. The lowest BCUT2D eigenvalue weighted by Crippen LogP contribution is -2.17. The minimum Gasteiger partial charge on any atom is -0.306 e. The molecule has 0 aliphatic rings. The van der Waals surface area contributed by atoms with Crippen LogP contribution in [0, 0.1) is 0 Å². The molecule has 2 heterocycles. The van der Waals surface area contributed by atoms with Gasteiger partial charge in [-0.25, -0.2) is 0 Å². The van der Waals surface area contributed by atoms with E-state index in [1.165, 1.54) is 11.4 Å². The third-order valence-corrected chi connectivity index (χ3v) is 2.46. The Morgan fingerprint density at radius 2 is 1.28 bits per heavy atom. The average Bonchev–Trinajstić information content (AvgIpc) is 2.78. The summed E-state index contributed by atoms with van der Waals surface area (Å²) in [6.07, 6.45) is 3.61. The fourth-order valence-corrected chi connectivity index (χ4v) is 1.47. The Morgan fingerprint density at radius 3 is 1.56 bits per heavy atom. The molecule has 5 nitrogen and oxygen atoms in total. The standard InChI is InChI=1S/C10H15N5.3ClH/c1-14-9(3-5-12-14)7-11-8-10-4-6-13-15(10)2;;;/h3-6,11H,7-8H2,1-2H3;3*1H. The van der Waals surface area contributed by atoms with Gasteiger partial charge >= 0.3 is 0 Å². The summed E-state index contributed by atoms with van der Waals surface area (Å²) in [6, 6.07) is 4.02. The van der Waals surface area contributed by atoms with Gasteiger partial charge in [-0.2, -0.15) is 10.2 Å². The third-order valence-electron chi connectivity index (χ3n) is 2.46.